The molecule has 3 rings (SSSR count). The van der Waals surface area contributed by atoms with Gasteiger partial charge < -0.3 is 9.88 Å². The van der Waals surface area contributed by atoms with Crippen LogP contribution in [0, 0.1) is 18.8 Å². The van der Waals surface area contributed by atoms with E-state index >= 15 is 0 Å². The van der Waals surface area contributed by atoms with Gasteiger partial charge in [-0.1, -0.05) is 11.1 Å². The van der Waals surface area contributed by atoms with E-state index in [0.29, 0.717) is 12.2 Å². The topological polar surface area (TPSA) is 68.0 Å². The molecule has 7 heteroatoms. The summed E-state index contributed by atoms with van der Waals surface area (Å²) in [5, 5.41) is 11.2. The van der Waals surface area contributed by atoms with Crippen molar-refractivity contribution < 1.29 is 4.79 Å². The lowest BCUT2D eigenvalue weighted by molar-refractivity contribution is 0.0921. The van der Waals surface area contributed by atoms with E-state index in [0.717, 1.165) is 18.7 Å². The molecule has 24 heavy (non-hydrogen) atoms. The summed E-state index contributed by atoms with van der Waals surface area (Å²) in [6.07, 6.45) is 5.40. The summed E-state index contributed by atoms with van der Waals surface area (Å²) >= 11 is 0. The number of aryl methyl sites for hydroxylation is 2. The number of nitrogens with zero attached hydrogens (tertiary/aromatic N) is 5. The molecule has 1 amide bonds. The predicted octanol–water partition coefficient (Wildman–Crippen LogP) is 0.604. The first-order valence-corrected chi connectivity index (χ1v) is 8.00. The number of hydrogen-bond donors (Lipinski definition) is 1. The van der Waals surface area contributed by atoms with Crippen LogP contribution < -0.4 is 5.32 Å². The molecule has 0 unspecified atom stereocenters. The molecule has 0 radical (unpaired) electrons. The molecule has 7 nitrogen and oxygen atoms in total. The van der Waals surface area contributed by atoms with Crippen molar-refractivity contribution in [2.24, 2.45) is 7.05 Å². The Morgan fingerprint density at radius 3 is 2.88 bits per heavy atom. The van der Waals surface area contributed by atoms with E-state index in [9.17, 15) is 4.79 Å². The Kier molecular flexibility index (Phi) is 4.67. The zero-order chi connectivity index (χ0) is 17.1. The van der Waals surface area contributed by atoms with E-state index in [-0.39, 0.29) is 18.0 Å². The molecular formula is C17H22N6O. The van der Waals surface area contributed by atoms with Crippen LogP contribution in [0.5, 0.6) is 0 Å². The number of carbonyl (C=O) groups excluding carboxylic acids is 1. The Hall–Kier alpha value is -2.59. The monoisotopic (exact) mass is 326 g/mol. The second kappa shape index (κ2) is 6.89. The van der Waals surface area contributed by atoms with Gasteiger partial charge >= 0.3 is 0 Å². The first kappa shape index (κ1) is 16.3. The molecule has 0 bridgehead atoms. The van der Waals surface area contributed by atoms with Crippen molar-refractivity contribution in [2.75, 3.05) is 19.6 Å². The van der Waals surface area contributed by atoms with Gasteiger partial charge in [0.25, 0.3) is 5.91 Å². The average molecular weight is 326 g/mol. The highest BCUT2D eigenvalue weighted by molar-refractivity contribution is 5.94. The van der Waals surface area contributed by atoms with Gasteiger partial charge in [-0.3, -0.25) is 9.69 Å². The third-order valence-electron chi connectivity index (χ3n) is 4.43. The summed E-state index contributed by atoms with van der Waals surface area (Å²) in [7, 11) is 1.88. The fourth-order valence-corrected chi connectivity index (χ4v) is 3.22. The van der Waals surface area contributed by atoms with Gasteiger partial charge in [-0.05, 0) is 25.5 Å². The van der Waals surface area contributed by atoms with Crippen molar-refractivity contribution in [2.45, 2.75) is 25.9 Å². The Labute approximate surface area is 141 Å². The van der Waals surface area contributed by atoms with E-state index in [1.54, 1.807) is 6.20 Å². The highest BCUT2D eigenvalue weighted by atomic mass is 16.2. The number of rotatable bonds is 4. The molecule has 0 saturated carbocycles. The molecule has 1 N–H and O–H groups in total. The average Bonchev–Trinajstić information content (AvgIpc) is 3.26. The molecule has 2 aromatic heterocycles. The molecule has 1 aliphatic heterocycles. The number of nitrogens with one attached hydrogen (secondary N) is 1. The molecule has 0 spiro atoms. The van der Waals surface area contributed by atoms with Gasteiger partial charge in [0.1, 0.15) is 5.69 Å². The molecule has 1 saturated heterocycles. The molecule has 1 fully saturated rings. The van der Waals surface area contributed by atoms with Crippen molar-refractivity contribution in [1.82, 2.24) is 29.8 Å². The number of carbonyl (C=O) groups is 1. The van der Waals surface area contributed by atoms with Gasteiger partial charge in [-0.15, -0.1) is 11.0 Å². The summed E-state index contributed by atoms with van der Waals surface area (Å²) in [5.41, 5.74) is 1.66. The molecule has 0 aromatic carbocycles. The van der Waals surface area contributed by atoms with E-state index in [4.69, 9.17) is 0 Å². The van der Waals surface area contributed by atoms with Gasteiger partial charge in [0.2, 0.25) is 0 Å². The van der Waals surface area contributed by atoms with Crippen molar-refractivity contribution >= 4 is 5.91 Å². The fourth-order valence-electron chi connectivity index (χ4n) is 3.22. The maximum Gasteiger partial charge on any atom is 0.268 e. The predicted molar refractivity (Wildman–Crippen MR) is 90.4 cm³/mol. The van der Waals surface area contributed by atoms with Crippen molar-refractivity contribution in [3.63, 3.8) is 0 Å². The summed E-state index contributed by atoms with van der Waals surface area (Å²) in [6, 6.07) is 1.96. The van der Waals surface area contributed by atoms with Crippen molar-refractivity contribution in [1.29, 1.82) is 0 Å². The van der Waals surface area contributed by atoms with Crippen molar-refractivity contribution in [3.05, 3.63) is 35.9 Å². The van der Waals surface area contributed by atoms with Crippen LogP contribution in [0.15, 0.2) is 24.7 Å². The largest absolute Gasteiger partial charge is 0.346 e. The fraction of sp³-hybridized carbons (Fsp3) is 0.471. The summed E-state index contributed by atoms with van der Waals surface area (Å²) < 4.78 is 3.67. The van der Waals surface area contributed by atoms with Crippen LogP contribution in [0.4, 0.5) is 0 Å². The Bertz CT molecular complexity index is 747. The van der Waals surface area contributed by atoms with Crippen LogP contribution in [0.3, 0.4) is 0 Å². The molecular weight excluding hydrogens is 304 g/mol. The van der Waals surface area contributed by atoms with Crippen molar-refractivity contribution in [3.8, 4) is 11.8 Å². The maximum absolute atomic E-state index is 12.7. The van der Waals surface area contributed by atoms with Gasteiger partial charge in [-0.2, -0.15) is 0 Å². The molecule has 3 heterocycles. The third kappa shape index (κ3) is 3.19. The molecule has 1 aliphatic rings. The Morgan fingerprint density at radius 2 is 2.25 bits per heavy atom. The second-order valence-corrected chi connectivity index (χ2v) is 6.11. The second-order valence-electron chi connectivity index (χ2n) is 6.11. The van der Waals surface area contributed by atoms with Gasteiger partial charge in [0.15, 0.2) is 0 Å². The van der Waals surface area contributed by atoms with Crippen LogP contribution in [-0.4, -0.2) is 56.0 Å². The summed E-state index contributed by atoms with van der Waals surface area (Å²) in [6.45, 7) is 6.00. The first-order valence-electron chi connectivity index (χ1n) is 8.00. The normalized spacial score (nSPS) is 20.6. The smallest absolute Gasteiger partial charge is 0.268 e. The SMILES string of the molecule is CC#CCN1C[C@@H](NC(=O)c2c(C)ccn2C)[C@@H](n2ccnn2)C1. The van der Waals surface area contributed by atoms with Gasteiger partial charge in [0.05, 0.1) is 24.8 Å². The minimum absolute atomic E-state index is 0.0350. The molecule has 126 valence electrons. The Morgan fingerprint density at radius 1 is 1.42 bits per heavy atom. The summed E-state index contributed by atoms with van der Waals surface area (Å²) in [4.78, 5) is 14.9. The zero-order valence-corrected chi connectivity index (χ0v) is 14.2. The lowest BCUT2D eigenvalue weighted by Gasteiger charge is -2.20. The van der Waals surface area contributed by atoms with Crippen LogP contribution in [0.25, 0.3) is 0 Å². The number of hydrogen-bond acceptors (Lipinski definition) is 4. The standard InChI is InChI=1S/C17H22N6O/c1-4-5-8-22-11-14(15(12-22)23-10-7-18-20-23)19-17(24)16-13(2)6-9-21(16)3/h6-7,9-10,14-15H,8,11-12H2,1-3H3,(H,19,24)/t14-,15+/m1/s1. The quantitative estimate of drug-likeness (QED) is 0.836. The Balaban J connectivity index is 1.78. The van der Waals surface area contributed by atoms with E-state index in [1.807, 2.05) is 48.6 Å². The first-order chi connectivity index (χ1) is 11.6. The van der Waals surface area contributed by atoms with Crippen LogP contribution in [-0.2, 0) is 7.05 Å². The molecule has 2 aromatic rings. The third-order valence-corrected chi connectivity index (χ3v) is 4.43. The molecule has 2 atom stereocenters. The summed E-state index contributed by atoms with van der Waals surface area (Å²) in [5.74, 6) is 5.95. The minimum atomic E-state index is -0.0569. The van der Waals surface area contributed by atoms with Gasteiger partial charge in [0, 0.05) is 32.5 Å². The number of aromatic nitrogens is 4. The van der Waals surface area contributed by atoms with Gasteiger partial charge in [-0.25, -0.2) is 4.68 Å². The van der Waals surface area contributed by atoms with E-state index in [2.05, 4.69) is 32.4 Å². The number of amides is 1. The number of likely N-dealkylation sites (tertiary alicyclic amines) is 1. The minimum Gasteiger partial charge on any atom is -0.346 e. The van der Waals surface area contributed by atoms with Crippen LogP contribution in [0.1, 0.15) is 29.0 Å². The van der Waals surface area contributed by atoms with Crippen LogP contribution >= 0.6 is 0 Å². The van der Waals surface area contributed by atoms with E-state index < -0.39 is 0 Å². The van der Waals surface area contributed by atoms with Crippen LogP contribution in [0.2, 0.25) is 0 Å². The lowest BCUT2D eigenvalue weighted by Crippen LogP contribution is -2.42. The lowest BCUT2D eigenvalue weighted by atomic mass is 10.1. The van der Waals surface area contributed by atoms with E-state index in [1.165, 1.54) is 0 Å². The molecule has 0 aliphatic carbocycles. The maximum atomic E-state index is 12.7. The zero-order valence-electron chi connectivity index (χ0n) is 14.2. The highest BCUT2D eigenvalue weighted by Crippen LogP contribution is 2.21. The highest BCUT2D eigenvalue weighted by Gasteiger charge is 2.35.